The molecule has 0 aromatic carbocycles. The van der Waals surface area contributed by atoms with Crippen molar-refractivity contribution in [3.8, 4) is 0 Å². The molecule has 2 atom stereocenters. The van der Waals surface area contributed by atoms with Crippen LogP contribution >= 0.6 is 23.1 Å². The number of thioether (sulfide) groups is 1. The van der Waals surface area contributed by atoms with Crippen molar-refractivity contribution in [2.24, 2.45) is 0 Å². The quantitative estimate of drug-likeness (QED) is 0.872. The largest absolute Gasteiger partial charge is 0.314 e. The first-order valence-corrected chi connectivity index (χ1v) is 7.94. The minimum absolute atomic E-state index is 0.742. The van der Waals surface area contributed by atoms with Gasteiger partial charge in [-0.2, -0.15) is 0 Å². The molecule has 1 aromatic heterocycles. The van der Waals surface area contributed by atoms with Crippen LogP contribution in [0.3, 0.4) is 0 Å². The van der Waals surface area contributed by atoms with Gasteiger partial charge in [-0.25, -0.2) is 4.98 Å². The molecule has 4 heteroatoms. The Morgan fingerprint density at radius 1 is 1.56 bits per heavy atom. The van der Waals surface area contributed by atoms with E-state index < -0.39 is 0 Å². The summed E-state index contributed by atoms with van der Waals surface area (Å²) in [5, 5.41) is 6.49. The van der Waals surface area contributed by atoms with Crippen LogP contribution in [0.25, 0.3) is 0 Å². The van der Waals surface area contributed by atoms with Crippen molar-refractivity contribution in [1.29, 1.82) is 0 Å². The van der Waals surface area contributed by atoms with Gasteiger partial charge in [0.1, 0.15) is 4.34 Å². The van der Waals surface area contributed by atoms with Gasteiger partial charge in [-0.1, -0.05) is 25.1 Å². The van der Waals surface area contributed by atoms with E-state index in [0.29, 0.717) is 0 Å². The predicted molar refractivity (Wildman–Crippen MR) is 72.3 cm³/mol. The summed E-state index contributed by atoms with van der Waals surface area (Å²) in [5.74, 6) is 0. The molecule has 0 amide bonds. The number of hydrogen-bond acceptors (Lipinski definition) is 4. The lowest BCUT2D eigenvalue weighted by Gasteiger charge is -2.28. The van der Waals surface area contributed by atoms with E-state index in [1.807, 2.05) is 18.0 Å². The van der Waals surface area contributed by atoms with Gasteiger partial charge in [-0.15, -0.1) is 11.3 Å². The average Bonchev–Trinajstić information content (AvgIpc) is 2.80. The Kier molecular flexibility index (Phi) is 5.13. The van der Waals surface area contributed by atoms with Gasteiger partial charge in [-0.05, 0) is 32.2 Å². The van der Waals surface area contributed by atoms with Crippen LogP contribution in [-0.2, 0) is 0 Å². The molecular weight excluding hydrogens is 236 g/mol. The van der Waals surface area contributed by atoms with Crippen molar-refractivity contribution in [2.45, 2.75) is 54.7 Å². The van der Waals surface area contributed by atoms with Crippen molar-refractivity contribution in [1.82, 2.24) is 10.3 Å². The Hall–Kier alpha value is -0.0600. The van der Waals surface area contributed by atoms with Crippen LogP contribution in [-0.4, -0.2) is 22.8 Å². The van der Waals surface area contributed by atoms with Crippen molar-refractivity contribution in [3.63, 3.8) is 0 Å². The zero-order valence-corrected chi connectivity index (χ0v) is 11.4. The maximum Gasteiger partial charge on any atom is 0.150 e. The normalized spacial score (nSPS) is 25.8. The Morgan fingerprint density at radius 3 is 3.25 bits per heavy atom. The number of thiazole rings is 1. The lowest BCUT2D eigenvalue weighted by molar-refractivity contribution is 0.381. The second-order valence-electron chi connectivity index (χ2n) is 4.36. The second-order valence-corrected chi connectivity index (χ2v) is 6.80. The fourth-order valence-corrected chi connectivity index (χ4v) is 4.37. The Labute approximate surface area is 106 Å². The first-order valence-electron chi connectivity index (χ1n) is 6.18. The smallest absolute Gasteiger partial charge is 0.150 e. The molecular formula is C12H20N2S2. The average molecular weight is 256 g/mol. The Bertz CT molecular complexity index is 287. The van der Waals surface area contributed by atoms with E-state index in [9.17, 15) is 0 Å². The van der Waals surface area contributed by atoms with Gasteiger partial charge in [0.25, 0.3) is 0 Å². The molecule has 1 aromatic rings. The van der Waals surface area contributed by atoms with Crippen LogP contribution in [0.2, 0.25) is 0 Å². The molecule has 1 aliphatic carbocycles. The zero-order valence-electron chi connectivity index (χ0n) is 9.82. The van der Waals surface area contributed by atoms with E-state index in [1.54, 1.807) is 11.3 Å². The number of nitrogens with zero attached hydrogens (tertiary/aromatic N) is 1. The molecule has 1 aliphatic rings. The summed E-state index contributed by atoms with van der Waals surface area (Å²) < 4.78 is 1.24. The molecule has 2 unspecified atom stereocenters. The maximum absolute atomic E-state index is 4.36. The van der Waals surface area contributed by atoms with Gasteiger partial charge in [0.05, 0.1) is 0 Å². The third-order valence-electron chi connectivity index (χ3n) is 2.99. The van der Waals surface area contributed by atoms with Crippen LogP contribution in [0.4, 0.5) is 0 Å². The van der Waals surface area contributed by atoms with Gasteiger partial charge in [0.2, 0.25) is 0 Å². The highest BCUT2D eigenvalue weighted by atomic mass is 32.2. The molecule has 0 radical (unpaired) electrons. The molecule has 2 rings (SSSR count). The summed E-state index contributed by atoms with van der Waals surface area (Å²) in [4.78, 5) is 4.36. The first kappa shape index (κ1) is 12.4. The van der Waals surface area contributed by atoms with Crippen molar-refractivity contribution < 1.29 is 0 Å². The molecule has 0 aliphatic heterocycles. The van der Waals surface area contributed by atoms with Crippen LogP contribution in [0.5, 0.6) is 0 Å². The Morgan fingerprint density at radius 2 is 2.50 bits per heavy atom. The third kappa shape index (κ3) is 3.75. The highest BCUT2D eigenvalue weighted by molar-refractivity contribution is 8.01. The minimum Gasteiger partial charge on any atom is -0.314 e. The fourth-order valence-electron chi connectivity index (χ4n) is 2.20. The molecule has 1 fully saturated rings. The molecule has 0 saturated heterocycles. The van der Waals surface area contributed by atoms with Gasteiger partial charge in [0, 0.05) is 22.9 Å². The van der Waals surface area contributed by atoms with Crippen molar-refractivity contribution >= 4 is 23.1 Å². The lowest BCUT2D eigenvalue weighted by atomic mass is 9.95. The summed E-state index contributed by atoms with van der Waals surface area (Å²) in [5.41, 5.74) is 0. The van der Waals surface area contributed by atoms with Gasteiger partial charge in [0.15, 0.2) is 0 Å². The zero-order chi connectivity index (χ0) is 11.2. The molecule has 16 heavy (non-hydrogen) atoms. The van der Waals surface area contributed by atoms with Crippen LogP contribution in [0, 0.1) is 0 Å². The predicted octanol–water partition coefficient (Wildman–Crippen LogP) is 3.55. The van der Waals surface area contributed by atoms with E-state index >= 15 is 0 Å². The third-order valence-corrected chi connectivity index (χ3v) is 5.20. The van der Waals surface area contributed by atoms with E-state index in [0.717, 1.165) is 11.3 Å². The van der Waals surface area contributed by atoms with Crippen molar-refractivity contribution in [2.75, 3.05) is 6.54 Å². The second kappa shape index (κ2) is 6.62. The van der Waals surface area contributed by atoms with E-state index in [1.165, 1.54) is 43.0 Å². The van der Waals surface area contributed by atoms with Crippen LogP contribution in [0.1, 0.15) is 39.0 Å². The Balaban J connectivity index is 1.77. The number of aromatic nitrogens is 1. The van der Waals surface area contributed by atoms with Gasteiger partial charge >= 0.3 is 0 Å². The van der Waals surface area contributed by atoms with E-state index in [-0.39, 0.29) is 0 Å². The topological polar surface area (TPSA) is 24.9 Å². The molecule has 1 heterocycles. The minimum atomic E-state index is 0.742. The summed E-state index contributed by atoms with van der Waals surface area (Å²) in [6.45, 7) is 3.40. The van der Waals surface area contributed by atoms with E-state index in [2.05, 4.69) is 22.6 Å². The fraction of sp³-hybridized carbons (Fsp3) is 0.750. The van der Waals surface area contributed by atoms with Crippen LogP contribution < -0.4 is 5.32 Å². The molecule has 1 saturated carbocycles. The van der Waals surface area contributed by atoms with Gasteiger partial charge in [-0.3, -0.25) is 0 Å². The molecule has 90 valence electrons. The summed E-state index contributed by atoms with van der Waals surface area (Å²) in [6.07, 6.45) is 8.53. The summed E-state index contributed by atoms with van der Waals surface area (Å²) in [6, 6.07) is 0.742. The highest BCUT2D eigenvalue weighted by Crippen LogP contribution is 2.34. The van der Waals surface area contributed by atoms with E-state index in [4.69, 9.17) is 0 Å². The molecule has 2 nitrogen and oxygen atoms in total. The number of nitrogens with one attached hydrogen (secondary N) is 1. The molecule has 1 N–H and O–H groups in total. The highest BCUT2D eigenvalue weighted by Gasteiger charge is 2.22. The maximum atomic E-state index is 4.36. The molecule has 0 spiro atoms. The number of hydrogen-bond donors (Lipinski definition) is 1. The number of rotatable bonds is 5. The summed E-state index contributed by atoms with van der Waals surface area (Å²) >= 11 is 3.74. The SMILES string of the molecule is CCCNC1CCCC(Sc2nccs2)C1. The molecule has 0 bridgehead atoms. The standard InChI is InChI=1S/C12H20N2S2/c1-2-6-13-10-4-3-5-11(9-10)16-12-14-7-8-15-12/h7-8,10-11,13H,2-6,9H2,1H3. The summed E-state index contributed by atoms with van der Waals surface area (Å²) in [7, 11) is 0. The van der Waals surface area contributed by atoms with Crippen LogP contribution in [0.15, 0.2) is 15.9 Å². The van der Waals surface area contributed by atoms with Gasteiger partial charge < -0.3 is 5.32 Å². The van der Waals surface area contributed by atoms with Crippen molar-refractivity contribution in [3.05, 3.63) is 11.6 Å². The monoisotopic (exact) mass is 256 g/mol. The lowest BCUT2D eigenvalue weighted by Crippen LogP contribution is -2.35. The first-order chi connectivity index (χ1) is 7.88.